The zero-order valence-electron chi connectivity index (χ0n) is 14.0. The topological polar surface area (TPSA) is 73.8 Å². The highest BCUT2D eigenvalue weighted by Crippen LogP contribution is 2.29. The summed E-state index contributed by atoms with van der Waals surface area (Å²) in [6.07, 6.45) is 0. The molecule has 0 unspecified atom stereocenters. The molecule has 0 bridgehead atoms. The number of carbonyl (C=O) groups is 1. The van der Waals surface area contributed by atoms with Gasteiger partial charge in [0.25, 0.3) is 0 Å². The van der Waals surface area contributed by atoms with E-state index in [0.29, 0.717) is 5.56 Å². The molecule has 0 aliphatic carbocycles. The fourth-order valence-electron chi connectivity index (χ4n) is 2.67. The number of nitrogens with two attached hydrogens (primary N) is 1. The van der Waals surface area contributed by atoms with Gasteiger partial charge in [-0.15, -0.1) is 11.3 Å². The first kappa shape index (κ1) is 16.8. The number of imidazole rings is 1. The van der Waals surface area contributed by atoms with Crippen LogP contribution in [0.1, 0.15) is 16.1 Å². The highest BCUT2D eigenvalue weighted by molar-refractivity contribution is 7.98. The number of nitrogens with zero attached hydrogens (tertiary/aromatic N) is 3. The molecule has 0 aliphatic rings. The van der Waals surface area contributed by atoms with Gasteiger partial charge in [-0.1, -0.05) is 36.0 Å². The molecule has 0 saturated carbocycles. The van der Waals surface area contributed by atoms with E-state index in [4.69, 9.17) is 10.7 Å². The Hall–Kier alpha value is -2.64. The van der Waals surface area contributed by atoms with Crippen LogP contribution in [0.4, 0.5) is 0 Å². The Morgan fingerprint density at radius 2 is 1.92 bits per heavy atom. The van der Waals surface area contributed by atoms with E-state index in [-0.39, 0.29) is 0 Å². The number of hydrogen-bond acceptors (Lipinski definition) is 5. The largest absolute Gasteiger partial charge is 0.366 e. The van der Waals surface area contributed by atoms with Crippen molar-refractivity contribution in [1.82, 2.24) is 14.5 Å². The van der Waals surface area contributed by atoms with Gasteiger partial charge in [-0.05, 0) is 24.3 Å². The first-order chi connectivity index (χ1) is 12.6. The monoisotopic (exact) mass is 380 g/mol. The molecule has 0 atom stereocenters. The minimum absolute atomic E-state index is 0.421. The van der Waals surface area contributed by atoms with Crippen LogP contribution in [0.15, 0.2) is 59.1 Å². The van der Waals surface area contributed by atoms with Crippen LogP contribution in [-0.4, -0.2) is 20.4 Å². The molecule has 4 aromatic rings. The van der Waals surface area contributed by atoms with Gasteiger partial charge in [0.1, 0.15) is 5.01 Å². The number of rotatable bonds is 5. The number of primary amides is 1. The minimum Gasteiger partial charge on any atom is -0.366 e. The lowest BCUT2D eigenvalue weighted by molar-refractivity contribution is 0.100. The Morgan fingerprint density at radius 3 is 2.65 bits per heavy atom. The van der Waals surface area contributed by atoms with Crippen molar-refractivity contribution < 1.29 is 4.79 Å². The van der Waals surface area contributed by atoms with Crippen molar-refractivity contribution in [3.63, 3.8) is 0 Å². The van der Waals surface area contributed by atoms with E-state index in [1.165, 1.54) is 0 Å². The van der Waals surface area contributed by atoms with Crippen molar-refractivity contribution in [1.29, 1.82) is 0 Å². The molecule has 26 heavy (non-hydrogen) atoms. The van der Waals surface area contributed by atoms with Gasteiger partial charge in [0, 0.05) is 29.3 Å². The van der Waals surface area contributed by atoms with Crippen LogP contribution in [0.5, 0.6) is 0 Å². The van der Waals surface area contributed by atoms with E-state index in [2.05, 4.69) is 21.0 Å². The van der Waals surface area contributed by atoms with Crippen LogP contribution >= 0.6 is 23.1 Å². The maximum absolute atomic E-state index is 11.2. The van der Waals surface area contributed by atoms with Crippen molar-refractivity contribution >= 4 is 40.0 Å². The molecule has 2 N–H and O–H groups in total. The highest BCUT2D eigenvalue weighted by atomic mass is 32.2. The third-order valence-corrected chi connectivity index (χ3v) is 6.07. The normalized spacial score (nSPS) is 11.1. The number of aromatic nitrogens is 3. The molecule has 2 aromatic heterocycles. The van der Waals surface area contributed by atoms with E-state index in [0.717, 1.165) is 38.2 Å². The van der Waals surface area contributed by atoms with Gasteiger partial charge < -0.3 is 10.3 Å². The van der Waals surface area contributed by atoms with E-state index < -0.39 is 5.91 Å². The van der Waals surface area contributed by atoms with Gasteiger partial charge in [-0.25, -0.2) is 9.97 Å². The Bertz CT molecular complexity index is 1080. The summed E-state index contributed by atoms with van der Waals surface area (Å²) >= 11 is 3.27. The van der Waals surface area contributed by atoms with Crippen LogP contribution in [0.3, 0.4) is 0 Å². The molecule has 0 radical (unpaired) electrons. The first-order valence-electron chi connectivity index (χ1n) is 8.01. The average molecular weight is 380 g/mol. The number of fused-ring (bicyclic) bond motifs is 1. The predicted octanol–water partition coefficient (Wildman–Crippen LogP) is 4.09. The summed E-state index contributed by atoms with van der Waals surface area (Å²) in [5.41, 5.74) is 9.92. The van der Waals surface area contributed by atoms with E-state index >= 15 is 0 Å². The second kappa shape index (κ2) is 6.93. The van der Waals surface area contributed by atoms with Crippen molar-refractivity contribution in [2.45, 2.75) is 10.9 Å². The second-order valence-corrected chi connectivity index (χ2v) is 7.62. The van der Waals surface area contributed by atoms with Crippen LogP contribution in [0.2, 0.25) is 0 Å². The lowest BCUT2D eigenvalue weighted by Crippen LogP contribution is -2.10. The molecule has 4 rings (SSSR count). The highest BCUT2D eigenvalue weighted by Gasteiger charge is 2.10. The smallest absolute Gasteiger partial charge is 0.248 e. The fraction of sp³-hybridized carbons (Fsp3) is 0.105. The van der Waals surface area contributed by atoms with Gasteiger partial charge in [0.15, 0.2) is 5.16 Å². The van der Waals surface area contributed by atoms with Gasteiger partial charge in [-0.2, -0.15) is 0 Å². The summed E-state index contributed by atoms with van der Waals surface area (Å²) in [5.74, 6) is 0.336. The molecular formula is C19H16N4OS2. The molecule has 2 aromatic carbocycles. The van der Waals surface area contributed by atoms with Gasteiger partial charge >= 0.3 is 0 Å². The van der Waals surface area contributed by atoms with Crippen LogP contribution in [0.25, 0.3) is 21.6 Å². The number of aryl methyl sites for hydroxylation is 1. The molecule has 1 amide bonds. The molecular weight excluding hydrogens is 364 g/mol. The number of para-hydroxylation sites is 2. The van der Waals surface area contributed by atoms with E-state index in [1.807, 2.05) is 37.4 Å². The first-order valence-corrected chi connectivity index (χ1v) is 9.87. The summed E-state index contributed by atoms with van der Waals surface area (Å²) in [7, 11) is 2.03. The Labute approximate surface area is 158 Å². The molecule has 130 valence electrons. The van der Waals surface area contributed by atoms with Crippen LogP contribution < -0.4 is 5.73 Å². The predicted molar refractivity (Wildman–Crippen MR) is 106 cm³/mol. The molecule has 0 saturated heterocycles. The summed E-state index contributed by atoms with van der Waals surface area (Å²) in [6.45, 7) is 0. The molecule has 2 heterocycles. The summed E-state index contributed by atoms with van der Waals surface area (Å²) in [6, 6.07) is 15.3. The third kappa shape index (κ3) is 3.23. The third-order valence-electron chi connectivity index (χ3n) is 4.06. The number of carbonyl (C=O) groups excluding carboxylic acids is 1. The second-order valence-electron chi connectivity index (χ2n) is 5.82. The van der Waals surface area contributed by atoms with Crippen LogP contribution in [-0.2, 0) is 12.8 Å². The summed E-state index contributed by atoms with van der Waals surface area (Å²) < 4.78 is 2.11. The standard InChI is InChI=1S/C19H16N4OS2/c1-23-16-5-3-2-4-15(16)22-19(23)26-11-14-10-25-18(21-14)13-8-6-12(7-9-13)17(20)24/h2-10H,11H2,1H3,(H2,20,24). The molecule has 0 spiro atoms. The van der Waals surface area contributed by atoms with Gasteiger partial charge in [0.2, 0.25) is 5.91 Å². The number of thiazole rings is 1. The maximum Gasteiger partial charge on any atom is 0.248 e. The summed E-state index contributed by atoms with van der Waals surface area (Å²) in [4.78, 5) is 20.5. The van der Waals surface area contributed by atoms with E-state index in [9.17, 15) is 4.79 Å². The lowest BCUT2D eigenvalue weighted by atomic mass is 10.1. The minimum atomic E-state index is -0.421. The number of hydrogen-bond donors (Lipinski definition) is 1. The average Bonchev–Trinajstić information content (AvgIpc) is 3.25. The number of amides is 1. The zero-order valence-corrected chi connectivity index (χ0v) is 15.7. The molecule has 0 fully saturated rings. The van der Waals surface area contributed by atoms with Crippen LogP contribution in [0, 0.1) is 0 Å². The molecule has 5 nitrogen and oxygen atoms in total. The van der Waals surface area contributed by atoms with Crippen molar-refractivity contribution in [2.24, 2.45) is 12.8 Å². The van der Waals surface area contributed by atoms with Crippen molar-refractivity contribution in [2.75, 3.05) is 0 Å². The lowest BCUT2D eigenvalue weighted by Gasteiger charge is -2.00. The number of benzene rings is 2. The molecule has 7 heteroatoms. The number of thioether (sulfide) groups is 1. The Kier molecular flexibility index (Phi) is 4.48. The summed E-state index contributed by atoms with van der Waals surface area (Å²) in [5, 5.41) is 3.97. The SMILES string of the molecule is Cn1c(SCc2csc(-c3ccc(C(N)=O)cc3)n2)nc2ccccc21. The quantitative estimate of drug-likeness (QED) is 0.529. The Balaban J connectivity index is 1.49. The van der Waals surface area contributed by atoms with E-state index in [1.54, 1.807) is 35.2 Å². The van der Waals surface area contributed by atoms with Gasteiger partial charge in [0.05, 0.1) is 16.7 Å². The van der Waals surface area contributed by atoms with Crippen molar-refractivity contribution in [3.05, 3.63) is 65.2 Å². The Morgan fingerprint density at radius 1 is 1.15 bits per heavy atom. The maximum atomic E-state index is 11.2. The molecule has 0 aliphatic heterocycles. The fourth-order valence-corrected chi connectivity index (χ4v) is 4.49. The zero-order chi connectivity index (χ0) is 18.1. The van der Waals surface area contributed by atoms with Gasteiger partial charge in [-0.3, -0.25) is 4.79 Å². The van der Waals surface area contributed by atoms with Crippen molar-refractivity contribution in [3.8, 4) is 10.6 Å².